The highest BCUT2D eigenvalue weighted by molar-refractivity contribution is 8.01. The molecule has 13 heavy (non-hydrogen) atoms. The highest BCUT2D eigenvalue weighted by Crippen LogP contribution is 2.31. The lowest BCUT2D eigenvalue weighted by molar-refractivity contribution is -0.139. The van der Waals surface area contributed by atoms with E-state index in [1.165, 1.54) is 11.8 Å². The summed E-state index contributed by atoms with van der Waals surface area (Å²) in [6, 6.07) is -0.847. The van der Waals surface area contributed by atoms with Crippen LogP contribution in [0.15, 0.2) is 12.7 Å². The summed E-state index contributed by atoms with van der Waals surface area (Å²) >= 11 is 1.51. The first-order valence-corrected chi connectivity index (χ1v) is 4.98. The maximum absolute atomic E-state index is 10.7. The van der Waals surface area contributed by atoms with E-state index >= 15 is 0 Å². The fraction of sp³-hybridized carbons (Fsp3) is 0.667. The molecule has 0 aliphatic carbocycles. The Morgan fingerprint density at radius 2 is 2.15 bits per heavy atom. The lowest BCUT2D eigenvalue weighted by Gasteiger charge is -2.29. The molecule has 0 saturated heterocycles. The van der Waals surface area contributed by atoms with Gasteiger partial charge in [0.15, 0.2) is 0 Å². The first-order chi connectivity index (χ1) is 5.81. The molecule has 0 bridgehead atoms. The van der Waals surface area contributed by atoms with Gasteiger partial charge in [0, 0.05) is 10.00 Å². The van der Waals surface area contributed by atoms with Crippen LogP contribution < -0.4 is 5.73 Å². The normalized spacial score (nSPS) is 16.3. The average Bonchev–Trinajstić information content (AvgIpc) is 2.01. The first kappa shape index (κ1) is 12.5. The number of hydrogen-bond donors (Lipinski definition) is 2. The topological polar surface area (TPSA) is 63.3 Å². The smallest absolute Gasteiger partial charge is 0.321 e. The van der Waals surface area contributed by atoms with Gasteiger partial charge in [0.2, 0.25) is 0 Å². The van der Waals surface area contributed by atoms with E-state index in [9.17, 15) is 4.79 Å². The zero-order valence-corrected chi connectivity index (χ0v) is 9.10. The van der Waals surface area contributed by atoms with E-state index in [0.717, 1.165) is 0 Å². The molecule has 76 valence electrons. The van der Waals surface area contributed by atoms with Crippen molar-refractivity contribution in [2.24, 2.45) is 5.73 Å². The van der Waals surface area contributed by atoms with Gasteiger partial charge in [0.05, 0.1) is 0 Å². The van der Waals surface area contributed by atoms with Gasteiger partial charge in [-0.2, -0.15) is 0 Å². The number of nitrogens with two attached hydrogens (primary N) is 1. The van der Waals surface area contributed by atoms with E-state index in [2.05, 4.69) is 6.58 Å². The molecule has 0 spiro atoms. The summed E-state index contributed by atoms with van der Waals surface area (Å²) < 4.78 is -0.473. The van der Waals surface area contributed by atoms with E-state index in [4.69, 9.17) is 10.8 Å². The third kappa shape index (κ3) is 3.83. The summed E-state index contributed by atoms with van der Waals surface area (Å²) in [5.41, 5.74) is 5.54. The van der Waals surface area contributed by atoms with Gasteiger partial charge in [0.1, 0.15) is 6.04 Å². The molecule has 2 atom stereocenters. The van der Waals surface area contributed by atoms with Crippen molar-refractivity contribution in [2.45, 2.75) is 36.8 Å². The lowest BCUT2D eigenvalue weighted by atomic mass is 10.1. The van der Waals surface area contributed by atoms with E-state index in [1.54, 1.807) is 6.08 Å². The van der Waals surface area contributed by atoms with Gasteiger partial charge in [-0.15, -0.1) is 18.3 Å². The maximum atomic E-state index is 10.7. The number of carboxylic acids is 1. The number of rotatable bonds is 5. The minimum atomic E-state index is -0.964. The van der Waals surface area contributed by atoms with Crippen molar-refractivity contribution in [2.75, 3.05) is 0 Å². The predicted octanol–water partition coefficient (Wildman–Crippen LogP) is 1.48. The summed E-state index contributed by atoms with van der Waals surface area (Å²) in [5, 5.41) is 8.95. The van der Waals surface area contributed by atoms with Gasteiger partial charge in [-0.05, 0) is 20.8 Å². The molecule has 0 aromatic carbocycles. The summed E-state index contributed by atoms with van der Waals surface area (Å²) in [7, 11) is 0. The number of hydrogen-bond acceptors (Lipinski definition) is 3. The maximum Gasteiger partial charge on any atom is 0.321 e. The third-order valence-corrected chi connectivity index (χ3v) is 3.26. The quantitative estimate of drug-likeness (QED) is 0.664. The van der Waals surface area contributed by atoms with Crippen molar-refractivity contribution in [3.05, 3.63) is 12.7 Å². The molecule has 0 aromatic rings. The Morgan fingerprint density at radius 1 is 1.69 bits per heavy atom. The molecule has 0 fully saturated rings. The molecule has 0 radical (unpaired) electrons. The Bertz CT molecular complexity index is 204. The van der Waals surface area contributed by atoms with Crippen molar-refractivity contribution >= 4 is 17.7 Å². The van der Waals surface area contributed by atoms with Crippen LogP contribution in [-0.2, 0) is 4.79 Å². The van der Waals surface area contributed by atoms with Crippen LogP contribution in [0, 0.1) is 0 Å². The number of aliphatic carboxylic acids is 1. The van der Waals surface area contributed by atoms with Crippen molar-refractivity contribution in [1.29, 1.82) is 0 Å². The van der Waals surface area contributed by atoms with Gasteiger partial charge in [-0.25, -0.2) is 0 Å². The first-order valence-electron chi connectivity index (χ1n) is 4.10. The highest BCUT2D eigenvalue weighted by Gasteiger charge is 2.33. The predicted molar refractivity (Wildman–Crippen MR) is 56.9 cm³/mol. The monoisotopic (exact) mass is 203 g/mol. The second-order valence-electron chi connectivity index (χ2n) is 3.48. The summed E-state index contributed by atoms with van der Waals surface area (Å²) in [5.74, 6) is -0.964. The zero-order valence-electron chi connectivity index (χ0n) is 8.28. The van der Waals surface area contributed by atoms with Crippen molar-refractivity contribution in [3.63, 3.8) is 0 Å². The average molecular weight is 203 g/mol. The Hall–Kier alpha value is -0.480. The van der Waals surface area contributed by atoms with Crippen LogP contribution in [0.2, 0.25) is 0 Å². The van der Waals surface area contributed by atoms with Crippen LogP contribution >= 0.6 is 11.8 Å². The van der Waals surface area contributed by atoms with Crippen LogP contribution in [0.25, 0.3) is 0 Å². The summed E-state index contributed by atoms with van der Waals surface area (Å²) in [6.45, 7) is 9.27. The SMILES string of the molecule is C=CC(C)SC(C)(C)[C@H](N)C(=O)O. The second-order valence-corrected chi connectivity index (χ2v) is 5.51. The van der Waals surface area contributed by atoms with E-state index in [1.807, 2.05) is 20.8 Å². The van der Waals surface area contributed by atoms with Crippen molar-refractivity contribution < 1.29 is 9.90 Å². The fourth-order valence-corrected chi connectivity index (χ4v) is 2.20. The molecule has 3 N–H and O–H groups in total. The molecule has 0 amide bonds. The molecular weight excluding hydrogens is 186 g/mol. The second kappa shape index (κ2) is 4.67. The summed E-state index contributed by atoms with van der Waals surface area (Å²) in [4.78, 5) is 10.7. The molecule has 0 rings (SSSR count). The molecule has 4 heteroatoms. The van der Waals surface area contributed by atoms with Crippen molar-refractivity contribution in [3.8, 4) is 0 Å². The largest absolute Gasteiger partial charge is 0.480 e. The Labute approximate surface area is 83.4 Å². The highest BCUT2D eigenvalue weighted by atomic mass is 32.2. The summed E-state index contributed by atoms with van der Waals surface area (Å²) in [6.07, 6.45) is 1.78. The van der Waals surface area contributed by atoms with E-state index in [0.29, 0.717) is 0 Å². The number of carboxylic acid groups (broad SMARTS) is 1. The van der Waals surface area contributed by atoms with E-state index < -0.39 is 16.8 Å². The van der Waals surface area contributed by atoms with Gasteiger partial charge in [-0.3, -0.25) is 4.79 Å². The Kier molecular flexibility index (Phi) is 4.50. The number of carbonyl (C=O) groups is 1. The van der Waals surface area contributed by atoms with Crippen LogP contribution in [0.4, 0.5) is 0 Å². The van der Waals surface area contributed by atoms with E-state index in [-0.39, 0.29) is 5.25 Å². The minimum absolute atomic E-state index is 0.209. The zero-order chi connectivity index (χ0) is 10.6. The van der Waals surface area contributed by atoms with Crippen LogP contribution in [-0.4, -0.2) is 27.1 Å². The Balaban J connectivity index is 4.37. The van der Waals surface area contributed by atoms with Crippen molar-refractivity contribution in [1.82, 2.24) is 0 Å². The van der Waals surface area contributed by atoms with Crippen LogP contribution in [0.3, 0.4) is 0 Å². The lowest BCUT2D eigenvalue weighted by Crippen LogP contribution is -2.47. The standard InChI is InChI=1S/C9H17NO2S/c1-5-6(2)13-9(3,4)7(10)8(11)12/h5-7H,1,10H2,2-4H3,(H,11,12)/t6?,7-/m1/s1. The Morgan fingerprint density at radius 3 is 2.46 bits per heavy atom. The molecule has 0 heterocycles. The van der Waals surface area contributed by atoms with Gasteiger partial charge < -0.3 is 10.8 Å². The fourth-order valence-electron chi connectivity index (χ4n) is 0.898. The molecule has 0 aromatic heterocycles. The third-order valence-electron chi connectivity index (χ3n) is 1.84. The minimum Gasteiger partial charge on any atom is -0.480 e. The molecule has 1 unspecified atom stereocenters. The van der Waals surface area contributed by atoms with Crippen LogP contribution in [0.1, 0.15) is 20.8 Å². The van der Waals surface area contributed by atoms with Crippen LogP contribution in [0.5, 0.6) is 0 Å². The number of thioether (sulfide) groups is 1. The molecule has 0 aliphatic rings. The van der Waals surface area contributed by atoms with Gasteiger partial charge in [-0.1, -0.05) is 6.08 Å². The molecular formula is C9H17NO2S. The van der Waals surface area contributed by atoms with Gasteiger partial charge in [0.25, 0.3) is 0 Å². The molecule has 0 aliphatic heterocycles. The van der Waals surface area contributed by atoms with Gasteiger partial charge >= 0.3 is 5.97 Å². The molecule has 3 nitrogen and oxygen atoms in total. The molecule has 0 saturated carbocycles.